The number of amides is 1. The molecule has 1 aliphatic heterocycles. The summed E-state index contributed by atoms with van der Waals surface area (Å²) in [5.74, 6) is 0.118. The lowest BCUT2D eigenvalue weighted by Crippen LogP contribution is -2.50. The third-order valence-corrected chi connectivity index (χ3v) is 4.13. The fraction of sp³-hybridized carbons (Fsp3) is 0.667. The van der Waals surface area contributed by atoms with Crippen LogP contribution in [0.2, 0.25) is 0 Å². The number of carbonyl (C=O) groups excluding carboxylic acids is 1. The van der Waals surface area contributed by atoms with Gasteiger partial charge in [0.1, 0.15) is 5.01 Å². The largest absolute Gasteiger partial charge is 0.355 e. The van der Waals surface area contributed by atoms with Crippen molar-refractivity contribution in [2.45, 2.75) is 44.7 Å². The van der Waals surface area contributed by atoms with Crippen molar-refractivity contribution in [1.29, 1.82) is 0 Å². The van der Waals surface area contributed by atoms with Crippen molar-refractivity contribution in [2.24, 2.45) is 0 Å². The second-order valence-corrected chi connectivity index (χ2v) is 5.84. The molecular formula is C12H19N3OS. The highest BCUT2D eigenvalue weighted by Gasteiger charge is 2.30. The maximum atomic E-state index is 11.9. The summed E-state index contributed by atoms with van der Waals surface area (Å²) in [5, 5.41) is 9.35. The lowest BCUT2D eigenvalue weighted by Gasteiger charge is -2.28. The number of rotatable bonds is 3. The molecule has 2 N–H and O–H groups in total. The van der Waals surface area contributed by atoms with E-state index in [-0.39, 0.29) is 17.5 Å². The highest BCUT2D eigenvalue weighted by atomic mass is 32.1. The number of aromatic nitrogens is 1. The van der Waals surface area contributed by atoms with Gasteiger partial charge in [0.25, 0.3) is 0 Å². The van der Waals surface area contributed by atoms with Gasteiger partial charge in [0.2, 0.25) is 5.91 Å². The molecule has 5 heteroatoms. The summed E-state index contributed by atoms with van der Waals surface area (Å²) in [5.41, 5.74) is -0.249. The first-order valence-corrected chi connectivity index (χ1v) is 6.93. The maximum absolute atomic E-state index is 11.9. The molecule has 0 radical (unpaired) electrons. The second kappa shape index (κ2) is 5.14. The third kappa shape index (κ3) is 3.04. The number of nitrogens with zero attached hydrogens (tertiary/aromatic N) is 1. The van der Waals surface area contributed by atoms with Gasteiger partial charge in [0.05, 0.1) is 11.6 Å². The van der Waals surface area contributed by atoms with Gasteiger partial charge in [-0.25, -0.2) is 4.98 Å². The Hall–Kier alpha value is -0.940. The van der Waals surface area contributed by atoms with Crippen molar-refractivity contribution in [3.05, 3.63) is 16.6 Å². The van der Waals surface area contributed by atoms with Crippen LogP contribution in [0.5, 0.6) is 0 Å². The first-order chi connectivity index (χ1) is 8.09. The lowest BCUT2D eigenvalue weighted by atomic mass is 10.0. The summed E-state index contributed by atoms with van der Waals surface area (Å²) in [6, 6.07) is -0.101. The van der Waals surface area contributed by atoms with Crippen LogP contribution in [0.4, 0.5) is 0 Å². The first kappa shape index (κ1) is 12.5. The molecule has 2 rings (SSSR count). The SMILES string of the molecule is CC(C)(NC1CCCCNC1=O)c1nccs1. The minimum Gasteiger partial charge on any atom is -0.355 e. The molecule has 0 aliphatic carbocycles. The predicted octanol–water partition coefficient (Wildman–Crippen LogP) is 1.64. The standard InChI is InChI=1S/C12H19N3OS/c1-12(2,11-14-7-8-17-11)15-9-5-3-4-6-13-10(9)16/h7-9,15H,3-6H2,1-2H3,(H,13,16). The van der Waals surface area contributed by atoms with Crippen LogP contribution in [0.1, 0.15) is 38.1 Å². The van der Waals surface area contributed by atoms with E-state index < -0.39 is 0 Å². The lowest BCUT2D eigenvalue weighted by molar-refractivity contribution is -0.123. The first-order valence-electron chi connectivity index (χ1n) is 6.05. The Labute approximate surface area is 106 Å². The molecular weight excluding hydrogens is 234 g/mol. The van der Waals surface area contributed by atoms with Crippen LogP contribution in [0.15, 0.2) is 11.6 Å². The quantitative estimate of drug-likeness (QED) is 0.861. The predicted molar refractivity (Wildman–Crippen MR) is 68.9 cm³/mol. The van der Waals surface area contributed by atoms with Crippen molar-refractivity contribution in [3.8, 4) is 0 Å². The molecule has 1 unspecified atom stereocenters. The zero-order valence-corrected chi connectivity index (χ0v) is 11.1. The van der Waals surface area contributed by atoms with Crippen molar-refractivity contribution >= 4 is 17.2 Å². The summed E-state index contributed by atoms with van der Waals surface area (Å²) in [7, 11) is 0. The fourth-order valence-corrected chi connectivity index (χ4v) is 2.83. The fourth-order valence-electron chi connectivity index (χ4n) is 2.11. The van der Waals surface area contributed by atoms with E-state index in [1.807, 2.05) is 5.38 Å². The highest BCUT2D eigenvalue weighted by Crippen LogP contribution is 2.23. The maximum Gasteiger partial charge on any atom is 0.237 e. The van der Waals surface area contributed by atoms with Crippen LogP contribution in [0.3, 0.4) is 0 Å². The summed E-state index contributed by atoms with van der Waals surface area (Å²) in [4.78, 5) is 16.2. The molecule has 2 heterocycles. The van der Waals surface area contributed by atoms with Crippen molar-refractivity contribution in [1.82, 2.24) is 15.6 Å². The van der Waals surface area contributed by atoms with Gasteiger partial charge in [-0.3, -0.25) is 10.1 Å². The number of nitrogens with one attached hydrogen (secondary N) is 2. The Kier molecular flexibility index (Phi) is 3.79. The van der Waals surface area contributed by atoms with Crippen molar-refractivity contribution in [2.75, 3.05) is 6.54 Å². The van der Waals surface area contributed by atoms with E-state index in [1.165, 1.54) is 0 Å². The highest BCUT2D eigenvalue weighted by molar-refractivity contribution is 7.09. The van der Waals surface area contributed by atoms with Gasteiger partial charge in [-0.1, -0.05) is 0 Å². The van der Waals surface area contributed by atoms with E-state index in [9.17, 15) is 4.79 Å². The molecule has 4 nitrogen and oxygen atoms in total. The van der Waals surface area contributed by atoms with E-state index in [1.54, 1.807) is 17.5 Å². The summed E-state index contributed by atoms with van der Waals surface area (Å²) in [6.07, 6.45) is 4.86. The molecule has 1 atom stereocenters. The molecule has 1 amide bonds. The number of carbonyl (C=O) groups is 1. The van der Waals surface area contributed by atoms with Gasteiger partial charge < -0.3 is 5.32 Å². The Bertz CT molecular complexity index is 375. The van der Waals surface area contributed by atoms with Gasteiger partial charge >= 0.3 is 0 Å². The van der Waals surface area contributed by atoms with E-state index in [0.717, 1.165) is 30.8 Å². The van der Waals surface area contributed by atoms with E-state index in [2.05, 4.69) is 29.5 Å². The van der Waals surface area contributed by atoms with Gasteiger partial charge in [-0.05, 0) is 33.1 Å². The zero-order chi connectivity index (χ0) is 12.3. The van der Waals surface area contributed by atoms with Gasteiger partial charge in [-0.2, -0.15) is 0 Å². The van der Waals surface area contributed by atoms with Crippen LogP contribution in [0.25, 0.3) is 0 Å². The Morgan fingerprint density at radius 3 is 3.06 bits per heavy atom. The number of hydrogen-bond donors (Lipinski definition) is 2. The summed E-state index contributed by atoms with van der Waals surface area (Å²) < 4.78 is 0. The van der Waals surface area contributed by atoms with Gasteiger partial charge in [0.15, 0.2) is 0 Å². The molecule has 1 aromatic heterocycles. The number of hydrogen-bond acceptors (Lipinski definition) is 4. The van der Waals surface area contributed by atoms with E-state index in [0.29, 0.717) is 0 Å². The molecule has 1 saturated heterocycles. The number of thiazole rings is 1. The smallest absolute Gasteiger partial charge is 0.237 e. The van der Waals surface area contributed by atoms with Crippen LogP contribution >= 0.6 is 11.3 Å². The average Bonchev–Trinajstić information content (AvgIpc) is 2.74. The van der Waals surface area contributed by atoms with E-state index in [4.69, 9.17) is 0 Å². The third-order valence-electron chi connectivity index (χ3n) is 3.04. The van der Waals surface area contributed by atoms with Crippen LogP contribution in [-0.4, -0.2) is 23.5 Å². The van der Waals surface area contributed by atoms with Crippen molar-refractivity contribution in [3.63, 3.8) is 0 Å². The molecule has 1 aliphatic rings. The van der Waals surface area contributed by atoms with Crippen molar-refractivity contribution < 1.29 is 4.79 Å². The van der Waals surface area contributed by atoms with Crippen LogP contribution in [0, 0.1) is 0 Å². The molecule has 0 saturated carbocycles. The molecule has 17 heavy (non-hydrogen) atoms. The Morgan fingerprint density at radius 2 is 2.35 bits per heavy atom. The molecule has 1 fully saturated rings. The zero-order valence-electron chi connectivity index (χ0n) is 10.3. The van der Waals surface area contributed by atoms with Gasteiger partial charge in [0, 0.05) is 18.1 Å². The normalized spacial score (nSPS) is 22.0. The molecule has 94 valence electrons. The minimum atomic E-state index is -0.249. The Balaban J connectivity index is 2.06. The van der Waals surface area contributed by atoms with Crippen LogP contribution in [-0.2, 0) is 10.3 Å². The molecule has 0 spiro atoms. The second-order valence-electron chi connectivity index (χ2n) is 4.95. The Morgan fingerprint density at radius 1 is 1.53 bits per heavy atom. The summed E-state index contributed by atoms with van der Waals surface area (Å²) in [6.45, 7) is 4.95. The monoisotopic (exact) mass is 253 g/mol. The van der Waals surface area contributed by atoms with Crippen LogP contribution < -0.4 is 10.6 Å². The topological polar surface area (TPSA) is 54.0 Å². The molecule has 1 aromatic rings. The van der Waals surface area contributed by atoms with E-state index >= 15 is 0 Å². The average molecular weight is 253 g/mol. The minimum absolute atomic E-state index is 0.101. The molecule has 0 aromatic carbocycles. The molecule has 0 bridgehead atoms. The van der Waals surface area contributed by atoms with Gasteiger partial charge in [-0.15, -0.1) is 11.3 Å². The summed E-state index contributed by atoms with van der Waals surface area (Å²) >= 11 is 1.62.